The zero-order valence-electron chi connectivity index (χ0n) is 9.40. The minimum Gasteiger partial charge on any atom is -0.192 e. The number of nitriles is 1. The summed E-state index contributed by atoms with van der Waals surface area (Å²) in [6.07, 6.45) is 1.77. The van der Waals surface area contributed by atoms with Gasteiger partial charge in [-0.25, -0.2) is 0 Å². The average molecular weight is 274 g/mol. The molecule has 0 amide bonds. The SMILES string of the molecule is N#C/C(=C/c1ccccc1Cl)c1ccc(Cl)cc1. The molecule has 1 nitrogen and oxygen atoms in total. The van der Waals surface area contributed by atoms with Crippen LogP contribution in [0.5, 0.6) is 0 Å². The molecular weight excluding hydrogens is 265 g/mol. The highest BCUT2D eigenvalue weighted by Gasteiger charge is 2.02. The van der Waals surface area contributed by atoms with Gasteiger partial charge in [-0.2, -0.15) is 5.26 Å². The largest absolute Gasteiger partial charge is 0.192 e. The lowest BCUT2D eigenvalue weighted by Crippen LogP contribution is -1.82. The van der Waals surface area contributed by atoms with E-state index in [1.54, 1.807) is 24.3 Å². The van der Waals surface area contributed by atoms with Gasteiger partial charge in [0.15, 0.2) is 0 Å². The molecule has 0 atom stereocenters. The van der Waals surface area contributed by atoms with E-state index in [0.29, 0.717) is 15.6 Å². The van der Waals surface area contributed by atoms with Crippen molar-refractivity contribution in [3.63, 3.8) is 0 Å². The molecule has 2 rings (SSSR count). The molecule has 0 bridgehead atoms. The molecule has 3 heteroatoms. The van der Waals surface area contributed by atoms with E-state index in [0.717, 1.165) is 11.1 Å². The highest BCUT2D eigenvalue weighted by molar-refractivity contribution is 6.32. The van der Waals surface area contributed by atoms with Crippen molar-refractivity contribution in [3.05, 3.63) is 69.7 Å². The second-order valence-electron chi connectivity index (χ2n) is 3.70. The van der Waals surface area contributed by atoms with Crippen LogP contribution in [0, 0.1) is 11.3 Å². The van der Waals surface area contributed by atoms with E-state index >= 15 is 0 Å². The van der Waals surface area contributed by atoms with Crippen LogP contribution in [0.1, 0.15) is 11.1 Å². The van der Waals surface area contributed by atoms with Crippen LogP contribution < -0.4 is 0 Å². The average Bonchev–Trinajstić information content (AvgIpc) is 2.39. The summed E-state index contributed by atoms with van der Waals surface area (Å²) in [6, 6.07) is 16.7. The van der Waals surface area contributed by atoms with Gasteiger partial charge in [-0.1, -0.05) is 53.5 Å². The third kappa shape index (κ3) is 2.92. The van der Waals surface area contributed by atoms with Gasteiger partial charge in [-0.15, -0.1) is 0 Å². The second kappa shape index (κ2) is 5.73. The molecular formula is C15H9Cl2N. The molecule has 0 N–H and O–H groups in total. The van der Waals surface area contributed by atoms with E-state index in [1.165, 1.54) is 0 Å². The molecule has 0 aliphatic heterocycles. The van der Waals surface area contributed by atoms with Crippen LogP contribution in [0.25, 0.3) is 11.6 Å². The lowest BCUT2D eigenvalue weighted by atomic mass is 10.0. The lowest BCUT2D eigenvalue weighted by Gasteiger charge is -2.01. The number of halogens is 2. The Morgan fingerprint density at radius 1 is 1.00 bits per heavy atom. The van der Waals surface area contributed by atoms with Gasteiger partial charge in [0.1, 0.15) is 0 Å². The Morgan fingerprint density at radius 2 is 1.67 bits per heavy atom. The van der Waals surface area contributed by atoms with Crippen LogP contribution in [-0.4, -0.2) is 0 Å². The number of rotatable bonds is 2. The zero-order chi connectivity index (χ0) is 13.0. The molecule has 0 aliphatic carbocycles. The van der Waals surface area contributed by atoms with Crippen molar-refractivity contribution in [1.82, 2.24) is 0 Å². The van der Waals surface area contributed by atoms with E-state index < -0.39 is 0 Å². The van der Waals surface area contributed by atoms with Crippen molar-refractivity contribution in [2.75, 3.05) is 0 Å². The third-order valence-electron chi connectivity index (χ3n) is 2.48. The molecule has 0 heterocycles. The molecule has 88 valence electrons. The number of hydrogen-bond donors (Lipinski definition) is 0. The summed E-state index contributed by atoms with van der Waals surface area (Å²) in [6.45, 7) is 0. The van der Waals surface area contributed by atoms with E-state index in [4.69, 9.17) is 23.2 Å². The fourth-order valence-corrected chi connectivity index (χ4v) is 1.87. The molecule has 2 aromatic carbocycles. The fraction of sp³-hybridized carbons (Fsp3) is 0. The van der Waals surface area contributed by atoms with Crippen LogP contribution in [0.4, 0.5) is 0 Å². The summed E-state index contributed by atoms with van der Waals surface area (Å²) in [5, 5.41) is 10.5. The van der Waals surface area contributed by atoms with Crippen molar-refractivity contribution in [2.24, 2.45) is 0 Å². The number of hydrogen-bond acceptors (Lipinski definition) is 1. The van der Waals surface area contributed by atoms with E-state index in [-0.39, 0.29) is 0 Å². The Kier molecular flexibility index (Phi) is 4.04. The highest BCUT2D eigenvalue weighted by Crippen LogP contribution is 2.23. The van der Waals surface area contributed by atoms with E-state index in [2.05, 4.69) is 6.07 Å². The van der Waals surface area contributed by atoms with Crippen LogP contribution >= 0.6 is 23.2 Å². The van der Waals surface area contributed by atoms with Crippen LogP contribution in [0.3, 0.4) is 0 Å². The minimum atomic E-state index is 0.555. The summed E-state index contributed by atoms with van der Waals surface area (Å²) in [5.41, 5.74) is 2.20. The Labute approximate surface area is 116 Å². The molecule has 0 unspecified atom stereocenters. The first-order valence-electron chi connectivity index (χ1n) is 5.33. The van der Waals surface area contributed by atoms with Gasteiger partial charge in [0, 0.05) is 10.0 Å². The molecule has 2 aromatic rings. The maximum Gasteiger partial charge on any atom is 0.0998 e. The summed E-state index contributed by atoms with van der Waals surface area (Å²) < 4.78 is 0. The second-order valence-corrected chi connectivity index (χ2v) is 4.54. The van der Waals surface area contributed by atoms with Crippen LogP contribution in [0.2, 0.25) is 10.0 Å². The van der Waals surface area contributed by atoms with Gasteiger partial charge in [0.25, 0.3) is 0 Å². The van der Waals surface area contributed by atoms with E-state index in [9.17, 15) is 5.26 Å². The number of nitrogens with zero attached hydrogens (tertiary/aromatic N) is 1. The predicted octanol–water partition coefficient (Wildman–Crippen LogP) is 5.06. The first kappa shape index (κ1) is 12.7. The number of allylic oxidation sites excluding steroid dienone is 1. The molecule has 0 saturated heterocycles. The first-order valence-corrected chi connectivity index (χ1v) is 6.08. The molecule has 18 heavy (non-hydrogen) atoms. The first-order chi connectivity index (χ1) is 8.70. The van der Waals surface area contributed by atoms with E-state index in [1.807, 2.05) is 30.3 Å². The zero-order valence-corrected chi connectivity index (χ0v) is 10.9. The van der Waals surface area contributed by atoms with Gasteiger partial charge in [-0.3, -0.25) is 0 Å². The molecule has 0 fully saturated rings. The van der Waals surface area contributed by atoms with Gasteiger partial charge in [0.2, 0.25) is 0 Å². The quantitative estimate of drug-likeness (QED) is 0.554. The van der Waals surface area contributed by atoms with Crippen molar-refractivity contribution in [3.8, 4) is 6.07 Å². The summed E-state index contributed by atoms with van der Waals surface area (Å²) in [5.74, 6) is 0. The predicted molar refractivity (Wildman–Crippen MR) is 76.4 cm³/mol. The summed E-state index contributed by atoms with van der Waals surface area (Å²) >= 11 is 11.9. The van der Waals surface area contributed by atoms with Crippen molar-refractivity contribution in [1.29, 1.82) is 5.26 Å². The molecule has 0 aromatic heterocycles. The topological polar surface area (TPSA) is 23.8 Å². The standard InChI is InChI=1S/C15H9Cl2N/c16-14-7-5-11(6-8-14)13(10-18)9-12-3-1-2-4-15(12)17/h1-9H/b13-9-. The Hall–Kier alpha value is -1.75. The normalized spacial score (nSPS) is 11.1. The lowest BCUT2D eigenvalue weighted by molar-refractivity contribution is 1.52. The molecule has 0 saturated carbocycles. The fourth-order valence-electron chi connectivity index (χ4n) is 1.56. The maximum atomic E-state index is 9.21. The molecule has 0 spiro atoms. The smallest absolute Gasteiger partial charge is 0.0998 e. The van der Waals surface area contributed by atoms with Crippen molar-refractivity contribution >= 4 is 34.9 Å². The van der Waals surface area contributed by atoms with Crippen LogP contribution in [0.15, 0.2) is 48.5 Å². The summed E-state index contributed by atoms with van der Waals surface area (Å²) in [7, 11) is 0. The molecule has 0 radical (unpaired) electrons. The van der Waals surface area contributed by atoms with Crippen molar-refractivity contribution < 1.29 is 0 Å². The van der Waals surface area contributed by atoms with Gasteiger partial charge in [-0.05, 0) is 35.4 Å². The third-order valence-corrected chi connectivity index (χ3v) is 3.08. The number of benzene rings is 2. The monoisotopic (exact) mass is 273 g/mol. The Balaban J connectivity index is 2.44. The maximum absolute atomic E-state index is 9.21. The van der Waals surface area contributed by atoms with Gasteiger partial charge in [0.05, 0.1) is 11.6 Å². The van der Waals surface area contributed by atoms with Gasteiger partial charge < -0.3 is 0 Å². The van der Waals surface area contributed by atoms with Gasteiger partial charge >= 0.3 is 0 Å². The molecule has 0 aliphatic rings. The summed E-state index contributed by atoms with van der Waals surface area (Å²) in [4.78, 5) is 0. The minimum absolute atomic E-state index is 0.555. The highest BCUT2D eigenvalue weighted by atomic mass is 35.5. The van der Waals surface area contributed by atoms with Crippen molar-refractivity contribution in [2.45, 2.75) is 0 Å². The Bertz CT molecular complexity index is 622. The Morgan fingerprint density at radius 3 is 2.28 bits per heavy atom. The van der Waals surface area contributed by atoms with Crippen LogP contribution in [-0.2, 0) is 0 Å².